The molecule has 25 heavy (non-hydrogen) atoms. The number of nitrogens with zero attached hydrogens (tertiary/aromatic N) is 1. The molecular formula is C20H29N3O2. The Bertz CT molecular complexity index is 631. The summed E-state index contributed by atoms with van der Waals surface area (Å²) in [5.41, 5.74) is 7.95. The van der Waals surface area contributed by atoms with Crippen LogP contribution in [0.3, 0.4) is 0 Å². The zero-order valence-electron chi connectivity index (χ0n) is 15.0. The fourth-order valence-corrected chi connectivity index (χ4v) is 4.17. The summed E-state index contributed by atoms with van der Waals surface area (Å²) in [5, 5.41) is 3.19. The number of anilines is 1. The van der Waals surface area contributed by atoms with Crippen molar-refractivity contribution in [2.24, 2.45) is 17.6 Å². The number of carbonyl (C=O) groups is 2. The first-order valence-corrected chi connectivity index (χ1v) is 9.52. The van der Waals surface area contributed by atoms with E-state index in [1.165, 1.54) is 6.42 Å². The molecule has 3 atom stereocenters. The lowest BCUT2D eigenvalue weighted by Crippen LogP contribution is -2.47. The molecule has 1 saturated carbocycles. The summed E-state index contributed by atoms with van der Waals surface area (Å²) in [5.74, 6) is 0.153. The van der Waals surface area contributed by atoms with Crippen molar-refractivity contribution in [2.75, 3.05) is 18.0 Å². The minimum atomic E-state index is -0.266. The number of nitrogens with two attached hydrogens (primary N) is 1. The second-order valence-electron chi connectivity index (χ2n) is 7.28. The first-order chi connectivity index (χ1) is 12.1. The number of aryl methyl sites for hydroxylation is 1. The summed E-state index contributed by atoms with van der Waals surface area (Å²) in [6.45, 7) is 3.17. The maximum absolute atomic E-state index is 12.7. The Morgan fingerprint density at radius 2 is 2.04 bits per heavy atom. The van der Waals surface area contributed by atoms with Gasteiger partial charge in [-0.3, -0.25) is 9.59 Å². The third-order valence-electron chi connectivity index (χ3n) is 5.70. The van der Waals surface area contributed by atoms with E-state index in [0.29, 0.717) is 25.4 Å². The molecule has 0 radical (unpaired) electrons. The van der Waals surface area contributed by atoms with Crippen LogP contribution in [-0.4, -0.2) is 30.9 Å². The van der Waals surface area contributed by atoms with Gasteiger partial charge in [0.2, 0.25) is 11.8 Å². The van der Waals surface area contributed by atoms with Crippen molar-refractivity contribution in [1.29, 1.82) is 0 Å². The smallest absolute Gasteiger partial charge is 0.227 e. The number of carbonyl (C=O) groups excluding carboxylic acids is 2. The number of amides is 2. The maximum Gasteiger partial charge on any atom is 0.227 e. The number of nitrogens with one attached hydrogen (secondary N) is 1. The van der Waals surface area contributed by atoms with E-state index in [2.05, 4.69) is 12.2 Å². The molecule has 2 fully saturated rings. The quantitative estimate of drug-likeness (QED) is 0.861. The van der Waals surface area contributed by atoms with Crippen molar-refractivity contribution in [3.8, 4) is 0 Å². The molecule has 1 heterocycles. The van der Waals surface area contributed by atoms with E-state index >= 15 is 0 Å². The molecule has 1 aromatic rings. The van der Waals surface area contributed by atoms with Crippen LogP contribution >= 0.6 is 0 Å². The van der Waals surface area contributed by atoms with Crippen LogP contribution in [0.4, 0.5) is 5.69 Å². The first-order valence-electron chi connectivity index (χ1n) is 9.52. The van der Waals surface area contributed by atoms with Crippen LogP contribution in [0.5, 0.6) is 0 Å². The average molecular weight is 343 g/mol. The molecule has 1 aliphatic heterocycles. The fraction of sp³-hybridized carbons (Fsp3) is 0.600. The van der Waals surface area contributed by atoms with E-state index in [1.54, 1.807) is 4.90 Å². The van der Waals surface area contributed by atoms with Gasteiger partial charge in [0.1, 0.15) is 0 Å². The van der Waals surface area contributed by atoms with Crippen LogP contribution in [0, 0.1) is 11.8 Å². The third kappa shape index (κ3) is 3.87. The summed E-state index contributed by atoms with van der Waals surface area (Å²) in [7, 11) is 0. The number of hydrogen-bond donors (Lipinski definition) is 2. The maximum atomic E-state index is 12.7. The van der Waals surface area contributed by atoms with Gasteiger partial charge in [0, 0.05) is 24.7 Å². The molecule has 1 aromatic carbocycles. The van der Waals surface area contributed by atoms with Crippen LogP contribution in [0.1, 0.15) is 44.6 Å². The highest BCUT2D eigenvalue weighted by molar-refractivity contribution is 6.00. The molecule has 1 aliphatic carbocycles. The Morgan fingerprint density at radius 1 is 1.28 bits per heavy atom. The molecule has 3 rings (SSSR count). The highest BCUT2D eigenvalue weighted by atomic mass is 16.2. The lowest BCUT2D eigenvalue weighted by molar-refractivity contribution is -0.127. The average Bonchev–Trinajstić information content (AvgIpc) is 3.03. The van der Waals surface area contributed by atoms with Gasteiger partial charge in [-0.15, -0.1) is 0 Å². The van der Waals surface area contributed by atoms with Gasteiger partial charge in [-0.2, -0.15) is 0 Å². The number of hydrogen-bond acceptors (Lipinski definition) is 3. The molecule has 136 valence electrons. The third-order valence-corrected chi connectivity index (χ3v) is 5.70. The molecular weight excluding hydrogens is 314 g/mol. The van der Waals surface area contributed by atoms with Crippen molar-refractivity contribution >= 4 is 17.5 Å². The van der Waals surface area contributed by atoms with E-state index < -0.39 is 0 Å². The number of rotatable bonds is 5. The van der Waals surface area contributed by atoms with Crippen molar-refractivity contribution in [2.45, 2.75) is 51.5 Å². The minimum absolute atomic E-state index is 0.00943. The van der Waals surface area contributed by atoms with Crippen LogP contribution in [0.15, 0.2) is 24.3 Å². The fourth-order valence-electron chi connectivity index (χ4n) is 4.17. The highest BCUT2D eigenvalue weighted by Gasteiger charge is 2.37. The van der Waals surface area contributed by atoms with Gasteiger partial charge in [-0.1, -0.05) is 38.0 Å². The van der Waals surface area contributed by atoms with Crippen molar-refractivity contribution in [3.63, 3.8) is 0 Å². The Kier molecular flexibility index (Phi) is 5.74. The lowest BCUT2D eigenvalue weighted by atomic mass is 9.84. The Balaban J connectivity index is 1.66. The van der Waals surface area contributed by atoms with Crippen LogP contribution in [0.25, 0.3) is 0 Å². The molecule has 0 aromatic heterocycles. The van der Waals surface area contributed by atoms with Crippen molar-refractivity contribution < 1.29 is 9.59 Å². The highest BCUT2D eigenvalue weighted by Crippen LogP contribution is 2.29. The Morgan fingerprint density at radius 3 is 2.80 bits per heavy atom. The topological polar surface area (TPSA) is 75.4 Å². The lowest BCUT2D eigenvalue weighted by Gasteiger charge is -2.32. The van der Waals surface area contributed by atoms with Crippen LogP contribution in [-0.2, 0) is 16.0 Å². The predicted molar refractivity (Wildman–Crippen MR) is 99.2 cm³/mol. The van der Waals surface area contributed by atoms with Crippen LogP contribution in [0.2, 0.25) is 0 Å². The molecule has 2 amide bonds. The number of para-hydroxylation sites is 1. The second-order valence-corrected chi connectivity index (χ2v) is 7.28. The van der Waals surface area contributed by atoms with Gasteiger partial charge in [-0.05, 0) is 43.4 Å². The summed E-state index contributed by atoms with van der Waals surface area (Å²) < 4.78 is 0. The van der Waals surface area contributed by atoms with E-state index in [0.717, 1.165) is 36.9 Å². The van der Waals surface area contributed by atoms with E-state index in [-0.39, 0.29) is 23.8 Å². The van der Waals surface area contributed by atoms with E-state index in [1.807, 2.05) is 24.3 Å². The molecule has 5 nitrogen and oxygen atoms in total. The minimum Gasteiger partial charge on any atom is -0.353 e. The van der Waals surface area contributed by atoms with Gasteiger partial charge in [0.25, 0.3) is 0 Å². The summed E-state index contributed by atoms with van der Waals surface area (Å²) in [6.07, 6.45) is 5.58. The van der Waals surface area contributed by atoms with Crippen LogP contribution < -0.4 is 16.0 Å². The molecule has 0 bridgehead atoms. The normalized spacial score (nSPS) is 26.7. The molecule has 2 aliphatic rings. The summed E-state index contributed by atoms with van der Waals surface area (Å²) in [4.78, 5) is 27.0. The number of benzene rings is 1. The predicted octanol–water partition coefficient (Wildman–Crippen LogP) is 2.24. The molecule has 3 N–H and O–H groups in total. The first kappa shape index (κ1) is 17.9. The van der Waals surface area contributed by atoms with Crippen molar-refractivity contribution in [1.82, 2.24) is 5.32 Å². The zero-order valence-corrected chi connectivity index (χ0v) is 15.0. The van der Waals surface area contributed by atoms with Gasteiger partial charge < -0.3 is 16.0 Å². The summed E-state index contributed by atoms with van der Waals surface area (Å²) >= 11 is 0. The SMILES string of the molecule is CCc1ccccc1N1CC(C(=O)NC2CCCCC2CN)CC1=O. The second kappa shape index (κ2) is 8.00. The Hall–Kier alpha value is -1.88. The van der Waals surface area contributed by atoms with E-state index in [9.17, 15) is 9.59 Å². The molecule has 3 unspecified atom stereocenters. The standard InChI is InChI=1S/C20H29N3O2/c1-2-14-7-4-6-10-18(14)23-13-16(11-19(23)24)20(25)22-17-9-5-3-8-15(17)12-21/h4,6-7,10,15-17H,2-3,5,8-9,11-13,21H2,1H3,(H,22,25). The molecule has 5 heteroatoms. The molecule has 1 saturated heterocycles. The van der Waals surface area contributed by atoms with Gasteiger partial charge in [0.15, 0.2) is 0 Å². The molecule has 0 spiro atoms. The zero-order chi connectivity index (χ0) is 17.8. The largest absolute Gasteiger partial charge is 0.353 e. The Labute approximate surface area is 150 Å². The van der Waals surface area contributed by atoms with Crippen molar-refractivity contribution in [3.05, 3.63) is 29.8 Å². The van der Waals surface area contributed by atoms with E-state index in [4.69, 9.17) is 5.73 Å². The van der Waals surface area contributed by atoms with Gasteiger partial charge in [-0.25, -0.2) is 0 Å². The monoisotopic (exact) mass is 343 g/mol. The summed E-state index contributed by atoms with van der Waals surface area (Å²) in [6, 6.07) is 8.12. The van der Waals surface area contributed by atoms with Gasteiger partial charge >= 0.3 is 0 Å². The van der Waals surface area contributed by atoms with Gasteiger partial charge in [0.05, 0.1) is 5.92 Å².